The zero-order chi connectivity index (χ0) is 19.6. The number of hydrazone groups is 1. The highest BCUT2D eigenvalue weighted by molar-refractivity contribution is 9.11. The summed E-state index contributed by atoms with van der Waals surface area (Å²) >= 11 is 4.94. The van der Waals surface area contributed by atoms with Crippen molar-refractivity contribution in [2.45, 2.75) is 0 Å². The fourth-order valence-electron chi connectivity index (χ4n) is 2.31. The van der Waals surface area contributed by atoms with Gasteiger partial charge in [0, 0.05) is 27.8 Å². The van der Waals surface area contributed by atoms with Crippen LogP contribution in [-0.4, -0.2) is 22.0 Å². The van der Waals surface area contributed by atoms with E-state index in [9.17, 15) is 25.0 Å². The molecule has 3 rings (SSSR count). The van der Waals surface area contributed by atoms with Crippen LogP contribution in [0, 0.1) is 20.2 Å². The van der Waals surface area contributed by atoms with Gasteiger partial charge in [-0.3, -0.25) is 25.0 Å². The number of thiophene rings is 1. The number of halogens is 1. The number of carbonyl (C=O) groups is 1. The molecule has 1 N–H and O–H groups in total. The first kappa shape index (κ1) is 18.6. The van der Waals surface area contributed by atoms with Gasteiger partial charge in [0.25, 0.3) is 17.3 Å². The van der Waals surface area contributed by atoms with Gasteiger partial charge in [0.2, 0.25) is 0 Å². The molecule has 1 heterocycles. The Morgan fingerprint density at radius 1 is 1.11 bits per heavy atom. The summed E-state index contributed by atoms with van der Waals surface area (Å²) in [5.74, 6) is -0.797. The lowest BCUT2D eigenvalue weighted by atomic mass is 10.1. The van der Waals surface area contributed by atoms with E-state index < -0.39 is 27.1 Å². The average Bonchev–Trinajstić information content (AvgIpc) is 2.96. The molecule has 3 aromatic rings. The van der Waals surface area contributed by atoms with Gasteiger partial charge in [-0.15, -0.1) is 11.3 Å². The number of nitro benzene ring substituents is 2. The van der Waals surface area contributed by atoms with Crippen molar-refractivity contribution >= 4 is 60.8 Å². The van der Waals surface area contributed by atoms with E-state index in [2.05, 4.69) is 26.5 Å². The Hall–Kier alpha value is -3.18. The third-order valence-corrected chi connectivity index (χ3v) is 5.42. The van der Waals surface area contributed by atoms with Gasteiger partial charge in [0.05, 0.1) is 31.5 Å². The number of hydrogen-bond acceptors (Lipinski definition) is 7. The number of nitrogens with one attached hydrogen (secondary N) is 1. The standard InChI is InChI=1S/C16H9BrN4O5S/c17-15-13(12-3-1-2-4-14(12)27-15)8-18-19-16(22)9-5-10(20(23)24)7-11(6-9)21(25)26/h1-8H,(H,19,22). The number of nitro groups is 2. The molecular formula is C16H9BrN4O5S. The number of benzene rings is 2. The third-order valence-electron chi connectivity index (χ3n) is 3.53. The van der Waals surface area contributed by atoms with Crippen molar-refractivity contribution in [2.24, 2.45) is 5.10 Å². The van der Waals surface area contributed by atoms with Crippen LogP contribution < -0.4 is 5.43 Å². The van der Waals surface area contributed by atoms with E-state index in [1.807, 2.05) is 24.3 Å². The molecule has 0 aliphatic heterocycles. The fraction of sp³-hybridized carbons (Fsp3) is 0. The number of carbonyl (C=O) groups excluding carboxylic acids is 1. The second-order valence-corrected chi connectivity index (χ2v) is 7.61. The van der Waals surface area contributed by atoms with Crippen molar-refractivity contribution in [3.63, 3.8) is 0 Å². The Balaban J connectivity index is 1.85. The summed E-state index contributed by atoms with van der Waals surface area (Å²) in [5.41, 5.74) is 1.66. The van der Waals surface area contributed by atoms with Gasteiger partial charge in [-0.05, 0) is 22.0 Å². The molecule has 9 nitrogen and oxygen atoms in total. The maximum atomic E-state index is 12.2. The second-order valence-electron chi connectivity index (χ2n) is 5.24. The molecule has 0 fully saturated rings. The van der Waals surface area contributed by atoms with Gasteiger partial charge < -0.3 is 0 Å². The van der Waals surface area contributed by atoms with Crippen LogP contribution in [0.4, 0.5) is 11.4 Å². The quantitative estimate of drug-likeness (QED) is 0.354. The fourth-order valence-corrected chi connectivity index (χ4v) is 4.05. The van der Waals surface area contributed by atoms with Crippen LogP contribution in [0.1, 0.15) is 15.9 Å². The smallest absolute Gasteiger partial charge is 0.267 e. The Morgan fingerprint density at radius 3 is 2.37 bits per heavy atom. The Bertz CT molecular complexity index is 1080. The van der Waals surface area contributed by atoms with Crippen LogP contribution in [0.15, 0.2) is 51.4 Å². The van der Waals surface area contributed by atoms with Crippen LogP contribution in [0.5, 0.6) is 0 Å². The first-order valence-corrected chi connectivity index (χ1v) is 8.92. The molecule has 0 radical (unpaired) electrons. The molecule has 0 aliphatic rings. The van der Waals surface area contributed by atoms with Crippen LogP contribution >= 0.6 is 27.3 Å². The first-order valence-electron chi connectivity index (χ1n) is 7.31. The zero-order valence-corrected chi connectivity index (χ0v) is 15.7. The normalized spacial score (nSPS) is 11.0. The SMILES string of the molecule is O=C(NN=Cc1c(Br)sc2ccccc12)c1cc([N+](=O)[O-])cc([N+](=O)[O-])c1. The molecule has 0 aliphatic carbocycles. The second kappa shape index (κ2) is 7.60. The molecular weight excluding hydrogens is 440 g/mol. The zero-order valence-electron chi connectivity index (χ0n) is 13.3. The Kier molecular flexibility index (Phi) is 5.23. The molecule has 136 valence electrons. The average molecular weight is 449 g/mol. The summed E-state index contributed by atoms with van der Waals surface area (Å²) in [4.78, 5) is 32.4. The van der Waals surface area contributed by atoms with Crippen LogP contribution in [0.3, 0.4) is 0 Å². The molecule has 0 saturated heterocycles. The van der Waals surface area contributed by atoms with E-state index in [-0.39, 0.29) is 5.56 Å². The number of hydrogen-bond donors (Lipinski definition) is 1. The Labute approximate surface area is 163 Å². The highest BCUT2D eigenvalue weighted by Gasteiger charge is 2.19. The number of non-ortho nitro benzene ring substituents is 2. The van der Waals surface area contributed by atoms with Crippen LogP contribution in [0.2, 0.25) is 0 Å². The van der Waals surface area contributed by atoms with Crippen molar-refractivity contribution in [2.75, 3.05) is 0 Å². The lowest BCUT2D eigenvalue weighted by molar-refractivity contribution is -0.394. The van der Waals surface area contributed by atoms with Crippen molar-refractivity contribution in [1.82, 2.24) is 5.43 Å². The van der Waals surface area contributed by atoms with Gasteiger partial charge >= 0.3 is 0 Å². The molecule has 0 bridgehead atoms. The number of nitrogens with zero attached hydrogens (tertiary/aromatic N) is 3. The van der Waals surface area contributed by atoms with E-state index in [1.54, 1.807) is 0 Å². The number of rotatable bonds is 5. The summed E-state index contributed by atoms with van der Waals surface area (Å²) < 4.78 is 1.86. The minimum atomic E-state index is -0.804. The highest BCUT2D eigenvalue weighted by atomic mass is 79.9. The topological polar surface area (TPSA) is 128 Å². The minimum Gasteiger partial charge on any atom is -0.267 e. The molecule has 1 aromatic heterocycles. The third kappa shape index (κ3) is 3.99. The predicted octanol–water partition coefficient (Wildman–Crippen LogP) is 4.24. The lowest BCUT2D eigenvalue weighted by Gasteiger charge is -2.01. The maximum Gasteiger partial charge on any atom is 0.277 e. The van der Waals surface area contributed by atoms with Gasteiger partial charge in [-0.1, -0.05) is 18.2 Å². The van der Waals surface area contributed by atoms with Gasteiger partial charge in [0.1, 0.15) is 0 Å². The summed E-state index contributed by atoms with van der Waals surface area (Å²) in [6.07, 6.45) is 1.44. The van der Waals surface area contributed by atoms with E-state index in [1.165, 1.54) is 17.6 Å². The minimum absolute atomic E-state index is 0.234. The molecule has 0 unspecified atom stereocenters. The van der Waals surface area contributed by atoms with Gasteiger partial charge in [0.15, 0.2) is 0 Å². The maximum absolute atomic E-state index is 12.2. The molecule has 1 amide bonds. The number of fused-ring (bicyclic) bond motifs is 1. The van der Waals surface area contributed by atoms with Crippen molar-refractivity contribution in [3.8, 4) is 0 Å². The number of amides is 1. The van der Waals surface area contributed by atoms with Crippen LogP contribution in [0.25, 0.3) is 10.1 Å². The van der Waals surface area contributed by atoms with Crippen molar-refractivity contribution in [3.05, 3.63) is 77.6 Å². The molecule has 11 heteroatoms. The largest absolute Gasteiger partial charge is 0.277 e. The van der Waals surface area contributed by atoms with Crippen molar-refractivity contribution < 1.29 is 14.6 Å². The molecule has 27 heavy (non-hydrogen) atoms. The highest BCUT2D eigenvalue weighted by Crippen LogP contribution is 2.34. The van der Waals surface area contributed by atoms with Gasteiger partial charge in [-0.2, -0.15) is 5.10 Å². The molecule has 0 saturated carbocycles. The van der Waals surface area contributed by atoms with E-state index >= 15 is 0 Å². The first-order chi connectivity index (χ1) is 12.9. The van der Waals surface area contributed by atoms with Crippen molar-refractivity contribution in [1.29, 1.82) is 0 Å². The summed E-state index contributed by atoms with van der Waals surface area (Å²) in [7, 11) is 0. The summed E-state index contributed by atoms with van der Waals surface area (Å²) in [6.45, 7) is 0. The molecule has 0 spiro atoms. The monoisotopic (exact) mass is 448 g/mol. The molecule has 0 atom stereocenters. The predicted molar refractivity (Wildman–Crippen MR) is 104 cm³/mol. The molecule has 2 aromatic carbocycles. The lowest BCUT2D eigenvalue weighted by Crippen LogP contribution is -2.18. The summed E-state index contributed by atoms with van der Waals surface area (Å²) in [5, 5.41) is 26.6. The van der Waals surface area contributed by atoms with Gasteiger partial charge in [-0.25, -0.2) is 5.43 Å². The Morgan fingerprint density at radius 2 is 1.74 bits per heavy atom. The van der Waals surface area contributed by atoms with E-state index in [0.29, 0.717) is 0 Å². The van der Waals surface area contributed by atoms with Crippen LogP contribution in [-0.2, 0) is 0 Å². The van der Waals surface area contributed by atoms with E-state index in [0.717, 1.165) is 37.6 Å². The summed E-state index contributed by atoms with van der Waals surface area (Å²) in [6, 6.07) is 10.3. The van der Waals surface area contributed by atoms with E-state index in [4.69, 9.17) is 0 Å².